The van der Waals surface area contributed by atoms with Gasteiger partial charge < -0.3 is 20.1 Å². The molecule has 42 heavy (non-hydrogen) atoms. The maximum Gasteiger partial charge on any atom is 0.416 e. The number of rotatable bonds is 8. The van der Waals surface area contributed by atoms with E-state index in [0.29, 0.717) is 17.9 Å². The highest BCUT2D eigenvalue weighted by Gasteiger charge is 2.30. The minimum atomic E-state index is -4.43. The van der Waals surface area contributed by atoms with E-state index in [1.54, 1.807) is 18.2 Å². The van der Waals surface area contributed by atoms with E-state index in [2.05, 4.69) is 10.6 Å². The van der Waals surface area contributed by atoms with Crippen LogP contribution in [-0.2, 0) is 33.5 Å². The Morgan fingerprint density at radius 1 is 0.881 bits per heavy atom. The molecule has 1 heterocycles. The Kier molecular flexibility index (Phi) is 8.28. The van der Waals surface area contributed by atoms with Crippen molar-refractivity contribution in [2.45, 2.75) is 25.2 Å². The summed E-state index contributed by atoms with van der Waals surface area (Å²) >= 11 is 0. The number of hydrogen-bond acceptors (Lipinski definition) is 5. The van der Waals surface area contributed by atoms with Gasteiger partial charge in [-0.2, -0.15) is 13.2 Å². The molecule has 1 aliphatic rings. The van der Waals surface area contributed by atoms with Crippen molar-refractivity contribution in [3.63, 3.8) is 0 Å². The van der Waals surface area contributed by atoms with E-state index in [4.69, 9.17) is 9.47 Å². The van der Waals surface area contributed by atoms with E-state index in [1.807, 2.05) is 60.7 Å². The van der Waals surface area contributed by atoms with Gasteiger partial charge in [-0.25, -0.2) is 4.79 Å². The standard InChI is InChI=1S/C33H27F3N2O4/c1-41-32(40)30(17-21-7-9-23(10-8-21)22-5-3-2-4-6-22)38-31(39)29-19-25-18-28(14-11-24(25)20-37-29)42-27-15-12-26(13-16-27)33(34,35)36/h2-16,18-19,30,37H,17,20H2,1H3,(H,38,39)/t30-/m0/s1. The van der Waals surface area contributed by atoms with Crippen molar-refractivity contribution in [3.05, 3.63) is 125 Å². The fourth-order valence-electron chi connectivity index (χ4n) is 4.59. The van der Waals surface area contributed by atoms with E-state index in [9.17, 15) is 22.8 Å². The van der Waals surface area contributed by atoms with Crippen LogP contribution >= 0.6 is 0 Å². The lowest BCUT2D eigenvalue weighted by Crippen LogP contribution is -2.45. The number of esters is 1. The molecule has 9 heteroatoms. The topological polar surface area (TPSA) is 76.7 Å². The Labute approximate surface area is 240 Å². The molecular formula is C33H27F3N2O4. The molecule has 5 rings (SSSR count). The molecule has 0 saturated heterocycles. The minimum absolute atomic E-state index is 0.239. The fourth-order valence-corrected chi connectivity index (χ4v) is 4.59. The number of carbonyl (C=O) groups excluding carboxylic acids is 2. The van der Waals surface area contributed by atoms with Crippen molar-refractivity contribution in [2.75, 3.05) is 7.11 Å². The first kappa shape index (κ1) is 28.5. The molecule has 1 aliphatic heterocycles. The average molecular weight is 573 g/mol. The second kappa shape index (κ2) is 12.2. The predicted octanol–water partition coefficient (Wildman–Crippen LogP) is 6.51. The smallest absolute Gasteiger partial charge is 0.416 e. The van der Waals surface area contributed by atoms with Crippen LogP contribution in [0.5, 0.6) is 11.5 Å². The molecule has 0 unspecified atom stereocenters. The maximum atomic E-state index is 13.2. The van der Waals surface area contributed by atoms with Gasteiger partial charge in [0.25, 0.3) is 5.91 Å². The zero-order valence-electron chi connectivity index (χ0n) is 22.6. The number of amides is 1. The summed E-state index contributed by atoms with van der Waals surface area (Å²) in [5.41, 5.74) is 4.05. The molecule has 0 aromatic heterocycles. The summed E-state index contributed by atoms with van der Waals surface area (Å²) < 4.78 is 49.2. The number of halogens is 3. The monoisotopic (exact) mass is 572 g/mol. The van der Waals surface area contributed by atoms with Gasteiger partial charge in [0.1, 0.15) is 23.2 Å². The number of benzene rings is 4. The van der Waals surface area contributed by atoms with Crippen LogP contribution in [0.1, 0.15) is 22.3 Å². The van der Waals surface area contributed by atoms with Gasteiger partial charge in [0.15, 0.2) is 0 Å². The first-order valence-electron chi connectivity index (χ1n) is 13.2. The van der Waals surface area contributed by atoms with Gasteiger partial charge in [0, 0.05) is 13.0 Å². The van der Waals surface area contributed by atoms with Gasteiger partial charge in [-0.15, -0.1) is 0 Å². The molecule has 1 amide bonds. The lowest BCUT2D eigenvalue weighted by molar-refractivity contribution is -0.144. The lowest BCUT2D eigenvalue weighted by atomic mass is 10.00. The molecule has 214 valence electrons. The third kappa shape index (κ3) is 6.80. The number of hydrogen-bond donors (Lipinski definition) is 2. The first-order valence-corrected chi connectivity index (χ1v) is 13.2. The van der Waals surface area contributed by atoms with Crippen molar-refractivity contribution in [2.24, 2.45) is 0 Å². The Morgan fingerprint density at radius 2 is 1.55 bits per heavy atom. The minimum Gasteiger partial charge on any atom is -0.467 e. The summed E-state index contributed by atoms with van der Waals surface area (Å²) in [7, 11) is 1.27. The van der Waals surface area contributed by atoms with Crippen LogP contribution in [-0.4, -0.2) is 25.0 Å². The lowest BCUT2D eigenvalue weighted by Gasteiger charge is -2.22. The second-order valence-electron chi connectivity index (χ2n) is 9.71. The second-order valence-corrected chi connectivity index (χ2v) is 9.71. The van der Waals surface area contributed by atoms with E-state index >= 15 is 0 Å². The van der Waals surface area contributed by atoms with Gasteiger partial charge in [-0.1, -0.05) is 60.7 Å². The molecule has 4 aromatic rings. The van der Waals surface area contributed by atoms with Crippen molar-refractivity contribution in [1.82, 2.24) is 10.6 Å². The summed E-state index contributed by atoms with van der Waals surface area (Å²) in [6.45, 7) is 0.360. The van der Waals surface area contributed by atoms with E-state index in [0.717, 1.165) is 34.4 Å². The van der Waals surface area contributed by atoms with Crippen LogP contribution in [0.25, 0.3) is 17.2 Å². The molecule has 2 N–H and O–H groups in total. The number of alkyl halides is 3. The number of carbonyl (C=O) groups is 2. The van der Waals surface area contributed by atoms with E-state index < -0.39 is 29.7 Å². The van der Waals surface area contributed by atoms with E-state index in [1.165, 1.54) is 19.2 Å². The molecule has 0 saturated carbocycles. The van der Waals surface area contributed by atoms with Gasteiger partial charge >= 0.3 is 12.1 Å². The van der Waals surface area contributed by atoms with Gasteiger partial charge in [-0.05, 0) is 70.3 Å². The SMILES string of the molecule is COC(=O)[C@H](Cc1ccc(-c2ccccc2)cc1)NC(=O)C1=Cc2cc(Oc3ccc(C(F)(F)F)cc3)ccc2CN1. The quantitative estimate of drug-likeness (QED) is 0.236. The summed E-state index contributed by atoms with van der Waals surface area (Å²) in [5.74, 6) is -0.403. The summed E-state index contributed by atoms with van der Waals surface area (Å²) in [6.07, 6.45) is -2.56. The number of methoxy groups -OCH3 is 1. The molecule has 6 nitrogen and oxygen atoms in total. The Morgan fingerprint density at radius 3 is 2.21 bits per heavy atom. The van der Waals surface area contributed by atoms with Crippen LogP contribution in [0, 0.1) is 0 Å². The van der Waals surface area contributed by atoms with E-state index in [-0.39, 0.29) is 17.9 Å². The van der Waals surface area contributed by atoms with Gasteiger partial charge in [0.2, 0.25) is 0 Å². The Bertz CT molecular complexity index is 1600. The highest BCUT2D eigenvalue weighted by atomic mass is 19.4. The van der Waals surface area contributed by atoms with Crippen molar-refractivity contribution in [1.29, 1.82) is 0 Å². The maximum absolute atomic E-state index is 13.2. The Hall–Kier alpha value is -5.05. The third-order valence-electron chi connectivity index (χ3n) is 6.84. The Balaban J connectivity index is 1.28. The van der Waals surface area contributed by atoms with Crippen molar-refractivity contribution in [3.8, 4) is 22.6 Å². The zero-order chi connectivity index (χ0) is 29.7. The normalized spacial score (nSPS) is 13.2. The first-order chi connectivity index (χ1) is 20.2. The molecule has 0 aliphatic carbocycles. The number of nitrogens with one attached hydrogen (secondary N) is 2. The average Bonchev–Trinajstić information content (AvgIpc) is 3.00. The summed E-state index contributed by atoms with van der Waals surface area (Å²) in [6, 6.07) is 26.4. The number of ether oxygens (including phenoxy) is 2. The molecule has 1 atom stereocenters. The highest BCUT2D eigenvalue weighted by Crippen LogP contribution is 2.32. The molecule has 0 radical (unpaired) electrons. The largest absolute Gasteiger partial charge is 0.467 e. The fraction of sp³-hybridized carbons (Fsp3) is 0.152. The third-order valence-corrected chi connectivity index (χ3v) is 6.84. The van der Waals surface area contributed by atoms with Crippen molar-refractivity contribution >= 4 is 18.0 Å². The van der Waals surface area contributed by atoms with Crippen molar-refractivity contribution < 1.29 is 32.2 Å². The molecule has 4 aromatic carbocycles. The van der Waals surface area contributed by atoms with Crippen LogP contribution in [0.15, 0.2) is 103 Å². The molecule has 0 bridgehead atoms. The zero-order valence-corrected chi connectivity index (χ0v) is 22.6. The van der Waals surface area contributed by atoms with Crippen LogP contribution < -0.4 is 15.4 Å². The molecular weight excluding hydrogens is 545 g/mol. The van der Waals surface area contributed by atoms with Gasteiger partial charge in [0.05, 0.1) is 12.7 Å². The summed E-state index contributed by atoms with van der Waals surface area (Å²) in [5, 5.41) is 5.83. The molecule has 0 fully saturated rings. The van der Waals surface area contributed by atoms with Crippen LogP contribution in [0.2, 0.25) is 0 Å². The van der Waals surface area contributed by atoms with Crippen LogP contribution in [0.4, 0.5) is 13.2 Å². The molecule has 0 spiro atoms. The van der Waals surface area contributed by atoms with Crippen LogP contribution in [0.3, 0.4) is 0 Å². The highest BCUT2D eigenvalue weighted by molar-refractivity contribution is 6.00. The number of fused-ring (bicyclic) bond motifs is 1. The van der Waals surface area contributed by atoms with Gasteiger partial charge in [-0.3, -0.25) is 4.79 Å². The summed E-state index contributed by atoms with van der Waals surface area (Å²) in [4.78, 5) is 25.7. The predicted molar refractivity (Wildman–Crippen MR) is 152 cm³/mol.